The minimum atomic E-state index is -1.24. The van der Waals surface area contributed by atoms with E-state index in [0.29, 0.717) is 11.5 Å². The first-order valence-corrected chi connectivity index (χ1v) is 11.2. The predicted molar refractivity (Wildman–Crippen MR) is 122 cm³/mol. The van der Waals surface area contributed by atoms with Crippen molar-refractivity contribution >= 4 is 11.8 Å². The summed E-state index contributed by atoms with van der Waals surface area (Å²) in [4.78, 5) is 27.5. The van der Waals surface area contributed by atoms with Gasteiger partial charge >= 0.3 is 0 Å². The van der Waals surface area contributed by atoms with Gasteiger partial charge in [0.05, 0.1) is 25.2 Å². The van der Waals surface area contributed by atoms with Gasteiger partial charge in [0, 0.05) is 12.0 Å². The Labute approximate surface area is 192 Å². The molecule has 2 aromatic carbocycles. The first-order valence-electron chi connectivity index (χ1n) is 11.2. The van der Waals surface area contributed by atoms with Gasteiger partial charge in [-0.25, -0.2) is 4.39 Å². The summed E-state index contributed by atoms with van der Waals surface area (Å²) in [6.45, 7) is 4.16. The number of carbonyl (C=O) groups is 2. The van der Waals surface area contributed by atoms with E-state index in [1.807, 2.05) is 42.5 Å². The van der Waals surface area contributed by atoms with Gasteiger partial charge in [-0.15, -0.1) is 0 Å². The lowest BCUT2D eigenvalue weighted by molar-refractivity contribution is -0.138. The summed E-state index contributed by atoms with van der Waals surface area (Å²) < 4.78 is 19.1. The van der Waals surface area contributed by atoms with Gasteiger partial charge in [-0.1, -0.05) is 73.6 Å². The van der Waals surface area contributed by atoms with Gasteiger partial charge in [0.25, 0.3) is 0 Å². The van der Waals surface area contributed by atoms with E-state index in [4.69, 9.17) is 4.52 Å². The molecule has 33 heavy (non-hydrogen) atoms. The van der Waals surface area contributed by atoms with Crippen molar-refractivity contribution in [1.29, 1.82) is 0 Å². The Hall–Kier alpha value is -3.48. The van der Waals surface area contributed by atoms with Crippen molar-refractivity contribution in [2.75, 3.05) is 6.54 Å². The number of hydrogen-bond acceptors (Lipinski definition) is 4. The number of amides is 2. The Morgan fingerprint density at radius 2 is 1.76 bits per heavy atom. The van der Waals surface area contributed by atoms with Crippen LogP contribution >= 0.6 is 0 Å². The Morgan fingerprint density at radius 1 is 1.09 bits per heavy atom. The van der Waals surface area contributed by atoms with Crippen LogP contribution in [0.5, 0.6) is 0 Å². The summed E-state index contributed by atoms with van der Waals surface area (Å²) in [7, 11) is 0. The van der Waals surface area contributed by atoms with Crippen molar-refractivity contribution in [2.24, 2.45) is 0 Å². The molecule has 4 rings (SSSR count). The second kappa shape index (κ2) is 9.98. The van der Waals surface area contributed by atoms with E-state index in [9.17, 15) is 14.0 Å². The van der Waals surface area contributed by atoms with Crippen LogP contribution in [-0.4, -0.2) is 40.6 Å². The van der Waals surface area contributed by atoms with Crippen LogP contribution in [0.4, 0.5) is 4.39 Å². The molecule has 2 heterocycles. The number of nitrogens with one attached hydrogen (secondary N) is 1. The number of hydrogen-bond donors (Lipinski definition) is 1. The molecule has 3 aromatic rings. The highest BCUT2D eigenvalue weighted by Gasteiger charge is 2.40. The van der Waals surface area contributed by atoms with Gasteiger partial charge in [0.1, 0.15) is 18.5 Å². The first-order chi connectivity index (χ1) is 15.9. The lowest BCUT2D eigenvalue weighted by atomic mass is 9.95. The number of likely N-dealkylation sites (tertiary alicyclic amines) is 1. The number of aromatic nitrogens is 1. The van der Waals surface area contributed by atoms with E-state index in [-0.39, 0.29) is 31.2 Å². The zero-order chi connectivity index (χ0) is 23.4. The van der Waals surface area contributed by atoms with Gasteiger partial charge in [-0.2, -0.15) is 0 Å². The van der Waals surface area contributed by atoms with Crippen molar-refractivity contribution in [3.8, 4) is 0 Å². The zero-order valence-corrected chi connectivity index (χ0v) is 18.8. The van der Waals surface area contributed by atoms with Gasteiger partial charge < -0.3 is 14.7 Å². The fourth-order valence-corrected chi connectivity index (χ4v) is 4.22. The fourth-order valence-electron chi connectivity index (χ4n) is 4.22. The maximum absolute atomic E-state index is 14.3. The summed E-state index contributed by atoms with van der Waals surface area (Å²) in [6.07, 6.45) is 1.57. The number of benzene rings is 2. The van der Waals surface area contributed by atoms with Gasteiger partial charge in [-0.3, -0.25) is 9.59 Å². The molecule has 1 N–H and O–H groups in total. The molecule has 7 heteroatoms. The Morgan fingerprint density at radius 3 is 2.39 bits per heavy atom. The van der Waals surface area contributed by atoms with Gasteiger partial charge in [0.15, 0.2) is 0 Å². The smallest absolute Gasteiger partial charge is 0.243 e. The van der Waals surface area contributed by atoms with Crippen LogP contribution < -0.4 is 5.32 Å². The number of alkyl halides is 1. The van der Waals surface area contributed by atoms with Gasteiger partial charge in [-0.05, 0) is 22.6 Å². The van der Waals surface area contributed by atoms with Gasteiger partial charge in [0.2, 0.25) is 11.8 Å². The third-order valence-corrected chi connectivity index (χ3v) is 6.07. The quantitative estimate of drug-likeness (QED) is 0.587. The summed E-state index contributed by atoms with van der Waals surface area (Å²) in [5.74, 6) is -0.291. The second-order valence-electron chi connectivity index (χ2n) is 8.78. The fraction of sp³-hybridized carbons (Fsp3) is 0.346. The predicted octanol–water partition coefficient (Wildman–Crippen LogP) is 4.19. The number of nitrogens with zero attached hydrogens (tertiary/aromatic N) is 2. The highest BCUT2D eigenvalue weighted by molar-refractivity contribution is 5.89. The van der Waals surface area contributed by atoms with Crippen molar-refractivity contribution in [3.63, 3.8) is 0 Å². The van der Waals surface area contributed by atoms with E-state index in [1.54, 1.807) is 0 Å². The van der Waals surface area contributed by atoms with E-state index < -0.39 is 18.3 Å². The standard InChI is InChI=1S/C26H28FN3O3/c1-17(2)19-8-10-21(11-9-19)25(20-6-4-3-5-7-20)29-26(32)23-13-22(27)15-30(23)24(31)12-18-14-28-33-16-18/h3-11,14,16-17,22-23,25H,12-13,15H2,1-2H3,(H,29,32). The van der Waals surface area contributed by atoms with Crippen molar-refractivity contribution < 1.29 is 18.5 Å². The van der Waals surface area contributed by atoms with Crippen molar-refractivity contribution in [2.45, 2.75) is 50.9 Å². The lowest BCUT2D eigenvalue weighted by Gasteiger charge is -2.27. The molecule has 1 saturated heterocycles. The van der Waals surface area contributed by atoms with Crippen LogP contribution in [0.15, 0.2) is 71.6 Å². The maximum atomic E-state index is 14.3. The third-order valence-electron chi connectivity index (χ3n) is 6.07. The molecular weight excluding hydrogens is 421 g/mol. The maximum Gasteiger partial charge on any atom is 0.243 e. The average molecular weight is 450 g/mol. The molecule has 3 atom stereocenters. The molecule has 1 aliphatic heterocycles. The van der Waals surface area contributed by atoms with Crippen LogP contribution in [0.3, 0.4) is 0 Å². The molecule has 2 amide bonds. The van der Waals surface area contributed by atoms with E-state index in [2.05, 4.69) is 36.5 Å². The molecule has 0 aliphatic carbocycles. The zero-order valence-electron chi connectivity index (χ0n) is 18.8. The summed E-state index contributed by atoms with van der Waals surface area (Å²) in [6, 6.07) is 16.5. The molecular formula is C26H28FN3O3. The minimum absolute atomic E-state index is 0.0127. The van der Waals surface area contributed by atoms with E-state index in [0.717, 1.165) is 11.1 Å². The Bertz CT molecular complexity index is 1070. The largest absolute Gasteiger partial charge is 0.364 e. The molecule has 1 aliphatic rings. The minimum Gasteiger partial charge on any atom is -0.364 e. The van der Waals surface area contributed by atoms with Crippen LogP contribution in [0, 0.1) is 0 Å². The highest BCUT2D eigenvalue weighted by atomic mass is 19.1. The lowest BCUT2D eigenvalue weighted by Crippen LogP contribution is -2.47. The SMILES string of the molecule is CC(C)c1ccc(C(NC(=O)C2CC(F)CN2C(=O)Cc2cnoc2)c2ccccc2)cc1. The normalized spacial score (nSPS) is 19.0. The number of halogens is 1. The second-order valence-corrected chi connectivity index (χ2v) is 8.78. The van der Waals surface area contributed by atoms with Crippen LogP contribution in [0.2, 0.25) is 0 Å². The van der Waals surface area contributed by atoms with Crippen LogP contribution in [-0.2, 0) is 16.0 Å². The summed E-state index contributed by atoms with van der Waals surface area (Å²) in [5.41, 5.74) is 3.64. The van der Waals surface area contributed by atoms with Crippen LogP contribution in [0.25, 0.3) is 0 Å². The molecule has 172 valence electrons. The van der Waals surface area contributed by atoms with E-state index >= 15 is 0 Å². The molecule has 0 spiro atoms. The molecule has 6 nitrogen and oxygen atoms in total. The van der Waals surface area contributed by atoms with Crippen molar-refractivity contribution in [3.05, 3.63) is 89.3 Å². The topological polar surface area (TPSA) is 75.4 Å². The first kappa shape index (κ1) is 22.7. The number of carbonyl (C=O) groups excluding carboxylic acids is 2. The average Bonchev–Trinajstić information content (AvgIpc) is 3.47. The summed E-state index contributed by atoms with van der Waals surface area (Å²) >= 11 is 0. The van der Waals surface area contributed by atoms with Crippen LogP contribution in [0.1, 0.15) is 54.5 Å². The molecule has 3 unspecified atom stereocenters. The third kappa shape index (κ3) is 5.30. The molecule has 0 radical (unpaired) electrons. The van der Waals surface area contributed by atoms with E-state index in [1.165, 1.54) is 22.9 Å². The highest BCUT2D eigenvalue weighted by Crippen LogP contribution is 2.27. The summed E-state index contributed by atoms with van der Waals surface area (Å²) in [5, 5.41) is 6.67. The molecule has 0 bridgehead atoms. The monoisotopic (exact) mass is 449 g/mol. The van der Waals surface area contributed by atoms with Crippen molar-refractivity contribution in [1.82, 2.24) is 15.4 Å². The Balaban J connectivity index is 1.56. The number of rotatable bonds is 7. The molecule has 1 fully saturated rings. The molecule has 1 aromatic heterocycles. The Kier molecular flexibility index (Phi) is 6.87. The molecule has 0 saturated carbocycles.